The zero-order valence-electron chi connectivity index (χ0n) is 18.6. The largest absolute Gasteiger partial charge is 0.480 e. The van der Waals surface area contributed by atoms with Crippen LogP contribution in [0.1, 0.15) is 42.5 Å². The molecule has 0 fully saturated rings. The number of nitrogens with one attached hydrogen (secondary N) is 2. The number of aliphatic carboxylic acids is 1. The van der Waals surface area contributed by atoms with Gasteiger partial charge in [-0.2, -0.15) is 0 Å². The van der Waals surface area contributed by atoms with Gasteiger partial charge in [0.15, 0.2) is 5.13 Å². The van der Waals surface area contributed by atoms with E-state index >= 15 is 0 Å². The SMILES string of the molecule is CCC[C@H](NC(=O)Cc1csc(NC(=O)OCC2c3ccccc3-c3ccccc32)n1)C(=O)O. The lowest BCUT2D eigenvalue weighted by molar-refractivity contribution is -0.141. The number of aromatic nitrogens is 1. The molecule has 3 aromatic rings. The van der Waals surface area contributed by atoms with Crippen molar-refractivity contribution in [3.63, 3.8) is 0 Å². The molecule has 0 bridgehead atoms. The van der Waals surface area contributed by atoms with Crippen LogP contribution in [0, 0.1) is 0 Å². The van der Waals surface area contributed by atoms with E-state index in [4.69, 9.17) is 4.74 Å². The third-order valence-corrected chi connectivity index (χ3v) is 6.46. The van der Waals surface area contributed by atoms with Crippen molar-refractivity contribution in [1.29, 1.82) is 0 Å². The zero-order chi connectivity index (χ0) is 24.1. The third kappa shape index (κ3) is 5.26. The number of carbonyl (C=O) groups is 3. The molecule has 0 spiro atoms. The highest BCUT2D eigenvalue weighted by Crippen LogP contribution is 2.44. The number of thiazole rings is 1. The average Bonchev–Trinajstić information content (AvgIpc) is 3.39. The lowest BCUT2D eigenvalue weighted by atomic mass is 9.98. The normalized spacial score (nSPS) is 13.0. The van der Waals surface area contributed by atoms with Crippen LogP contribution in [0.15, 0.2) is 53.9 Å². The number of carbonyl (C=O) groups excluding carboxylic acids is 2. The van der Waals surface area contributed by atoms with Crippen LogP contribution in [-0.4, -0.2) is 40.7 Å². The molecule has 0 saturated carbocycles. The molecule has 1 aliphatic carbocycles. The van der Waals surface area contributed by atoms with Gasteiger partial charge in [-0.3, -0.25) is 10.1 Å². The van der Waals surface area contributed by atoms with Crippen LogP contribution in [0.4, 0.5) is 9.93 Å². The number of anilines is 1. The molecule has 34 heavy (non-hydrogen) atoms. The molecule has 0 saturated heterocycles. The lowest BCUT2D eigenvalue weighted by Gasteiger charge is -2.14. The molecule has 9 heteroatoms. The maximum atomic E-state index is 12.4. The summed E-state index contributed by atoms with van der Waals surface area (Å²) in [6, 6.07) is 15.3. The van der Waals surface area contributed by atoms with E-state index in [1.54, 1.807) is 5.38 Å². The van der Waals surface area contributed by atoms with Crippen molar-refractivity contribution in [2.24, 2.45) is 0 Å². The van der Waals surface area contributed by atoms with Crippen LogP contribution in [0.5, 0.6) is 0 Å². The van der Waals surface area contributed by atoms with E-state index in [-0.39, 0.29) is 18.9 Å². The van der Waals surface area contributed by atoms with E-state index in [0.717, 1.165) is 22.3 Å². The van der Waals surface area contributed by atoms with Crippen LogP contribution in [0.25, 0.3) is 11.1 Å². The summed E-state index contributed by atoms with van der Waals surface area (Å²) in [6.45, 7) is 2.04. The number of carboxylic acids is 1. The summed E-state index contributed by atoms with van der Waals surface area (Å²) in [5, 5.41) is 16.2. The summed E-state index contributed by atoms with van der Waals surface area (Å²) in [7, 11) is 0. The Morgan fingerprint density at radius 1 is 1.09 bits per heavy atom. The van der Waals surface area contributed by atoms with Gasteiger partial charge in [0, 0.05) is 11.3 Å². The first-order valence-electron chi connectivity index (χ1n) is 11.0. The smallest absolute Gasteiger partial charge is 0.413 e. The van der Waals surface area contributed by atoms with Gasteiger partial charge < -0.3 is 15.2 Å². The summed E-state index contributed by atoms with van der Waals surface area (Å²) in [5.41, 5.74) is 5.00. The van der Waals surface area contributed by atoms with E-state index in [9.17, 15) is 19.5 Å². The maximum absolute atomic E-state index is 12.4. The van der Waals surface area contributed by atoms with Crippen molar-refractivity contribution < 1.29 is 24.2 Å². The van der Waals surface area contributed by atoms with Gasteiger partial charge in [-0.15, -0.1) is 11.3 Å². The minimum atomic E-state index is -1.06. The fourth-order valence-electron chi connectivity index (χ4n) is 4.12. The molecule has 2 aromatic carbocycles. The highest BCUT2D eigenvalue weighted by Gasteiger charge is 2.29. The molecule has 1 aliphatic rings. The Bertz CT molecular complexity index is 1160. The number of fused-ring (bicyclic) bond motifs is 3. The molecule has 0 radical (unpaired) electrons. The minimum absolute atomic E-state index is 0.0426. The fraction of sp³-hybridized carbons (Fsp3) is 0.280. The van der Waals surface area contributed by atoms with Gasteiger partial charge >= 0.3 is 12.1 Å². The van der Waals surface area contributed by atoms with Gasteiger partial charge in [-0.05, 0) is 28.7 Å². The first-order valence-corrected chi connectivity index (χ1v) is 11.9. The molecule has 1 heterocycles. The van der Waals surface area contributed by atoms with E-state index in [2.05, 4.69) is 39.9 Å². The predicted molar refractivity (Wildman–Crippen MR) is 129 cm³/mol. The standard InChI is InChI=1S/C25H25N3O5S/c1-2-7-21(23(30)31)27-22(29)12-15-14-34-24(26-15)28-25(32)33-13-20-18-10-5-3-8-16(18)17-9-4-6-11-19(17)20/h3-6,8-11,14,20-21H,2,7,12-13H2,1H3,(H,27,29)(H,30,31)(H,26,28,32)/t21-/m0/s1. The molecule has 1 aromatic heterocycles. The number of hydrogen-bond acceptors (Lipinski definition) is 6. The zero-order valence-corrected chi connectivity index (χ0v) is 19.4. The molecular weight excluding hydrogens is 454 g/mol. The second-order valence-corrected chi connectivity index (χ2v) is 8.88. The van der Waals surface area contributed by atoms with Crippen LogP contribution < -0.4 is 10.6 Å². The number of hydrogen-bond donors (Lipinski definition) is 3. The van der Waals surface area contributed by atoms with Gasteiger partial charge in [-0.1, -0.05) is 61.9 Å². The van der Waals surface area contributed by atoms with Crippen LogP contribution >= 0.6 is 11.3 Å². The molecule has 0 aliphatic heterocycles. The number of rotatable bonds is 9. The Labute approximate surface area is 201 Å². The molecule has 1 atom stereocenters. The van der Waals surface area contributed by atoms with Crippen molar-refractivity contribution in [3.05, 3.63) is 70.7 Å². The summed E-state index contributed by atoms with van der Waals surface area (Å²) in [6.07, 6.45) is 0.298. The Morgan fingerprint density at radius 2 is 1.74 bits per heavy atom. The van der Waals surface area contributed by atoms with E-state index in [0.29, 0.717) is 23.7 Å². The van der Waals surface area contributed by atoms with E-state index in [1.165, 1.54) is 11.3 Å². The van der Waals surface area contributed by atoms with Gasteiger partial charge in [0.1, 0.15) is 12.6 Å². The number of ether oxygens (including phenoxy) is 1. The minimum Gasteiger partial charge on any atom is -0.480 e. The lowest BCUT2D eigenvalue weighted by Crippen LogP contribution is -2.41. The first kappa shape index (κ1) is 23.4. The second kappa shape index (κ2) is 10.5. The first-order chi connectivity index (χ1) is 16.5. The summed E-state index contributed by atoms with van der Waals surface area (Å²) in [4.78, 5) is 40.0. The monoisotopic (exact) mass is 479 g/mol. The van der Waals surface area contributed by atoms with Gasteiger partial charge in [0.2, 0.25) is 5.91 Å². The average molecular weight is 480 g/mol. The van der Waals surface area contributed by atoms with Gasteiger partial charge in [-0.25, -0.2) is 14.6 Å². The molecule has 0 unspecified atom stereocenters. The van der Waals surface area contributed by atoms with Crippen LogP contribution in [-0.2, 0) is 20.7 Å². The number of benzene rings is 2. The van der Waals surface area contributed by atoms with Crippen molar-refractivity contribution >= 4 is 34.4 Å². The summed E-state index contributed by atoms with van der Waals surface area (Å²) in [5.74, 6) is -1.54. The van der Waals surface area contributed by atoms with Crippen molar-refractivity contribution in [2.75, 3.05) is 11.9 Å². The number of carboxylic acid groups (broad SMARTS) is 1. The molecule has 4 rings (SSSR count). The number of nitrogens with zero attached hydrogens (tertiary/aromatic N) is 1. The maximum Gasteiger partial charge on any atom is 0.413 e. The van der Waals surface area contributed by atoms with Crippen molar-refractivity contribution in [3.8, 4) is 11.1 Å². The number of amides is 2. The quantitative estimate of drug-likeness (QED) is 0.418. The van der Waals surface area contributed by atoms with E-state index in [1.807, 2.05) is 31.2 Å². The molecule has 176 valence electrons. The highest BCUT2D eigenvalue weighted by atomic mass is 32.1. The topological polar surface area (TPSA) is 118 Å². The fourth-order valence-corrected chi connectivity index (χ4v) is 4.82. The Kier molecular flexibility index (Phi) is 7.22. The Morgan fingerprint density at radius 3 is 2.35 bits per heavy atom. The van der Waals surface area contributed by atoms with E-state index < -0.39 is 24.0 Å². The molecule has 8 nitrogen and oxygen atoms in total. The third-order valence-electron chi connectivity index (χ3n) is 5.66. The predicted octanol–water partition coefficient (Wildman–Crippen LogP) is 4.42. The van der Waals surface area contributed by atoms with Gasteiger partial charge in [0.25, 0.3) is 0 Å². The van der Waals surface area contributed by atoms with Crippen molar-refractivity contribution in [2.45, 2.75) is 38.1 Å². The van der Waals surface area contributed by atoms with Gasteiger partial charge in [0.05, 0.1) is 12.1 Å². The van der Waals surface area contributed by atoms with Crippen LogP contribution in [0.2, 0.25) is 0 Å². The molecule has 2 amide bonds. The summed E-state index contributed by atoms with van der Waals surface area (Å²) >= 11 is 1.17. The van der Waals surface area contributed by atoms with Crippen LogP contribution in [0.3, 0.4) is 0 Å². The molecular formula is C25H25N3O5S. The van der Waals surface area contributed by atoms with Crippen molar-refractivity contribution in [1.82, 2.24) is 10.3 Å². The Hall–Kier alpha value is -3.72. The molecule has 3 N–H and O–H groups in total. The second-order valence-electron chi connectivity index (χ2n) is 8.02. The Balaban J connectivity index is 1.32. The highest BCUT2D eigenvalue weighted by molar-refractivity contribution is 7.13. The summed E-state index contributed by atoms with van der Waals surface area (Å²) < 4.78 is 5.51.